The Morgan fingerprint density at radius 1 is 0.829 bits per heavy atom. The van der Waals surface area contributed by atoms with Gasteiger partial charge in [0.1, 0.15) is 6.04 Å². The zero-order valence-corrected chi connectivity index (χ0v) is 18.6. The lowest BCUT2D eigenvalue weighted by molar-refractivity contribution is -0.117. The molecule has 172 valence electrons. The molecule has 0 aliphatic heterocycles. The monoisotopic (exact) mass is 462 g/mol. The van der Waals surface area contributed by atoms with Crippen LogP contribution in [0.15, 0.2) is 97.3 Å². The predicted molar refractivity (Wildman–Crippen MR) is 136 cm³/mol. The molecule has 0 aliphatic carbocycles. The fourth-order valence-electron chi connectivity index (χ4n) is 3.76. The van der Waals surface area contributed by atoms with Gasteiger partial charge in [-0.05, 0) is 41.5 Å². The van der Waals surface area contributed by atoms with Gasteiger partial charge in [-0.25, -0.2) is 0 Å². The van der Waals surface area contributed by atoms with Crippen molar-refractivity contribution in [3.8, 4) is 11.1 Å². The second-order valence-electron chi connectivity index (χ2n) is 7.99. The standard InChI is InChI=1S/C27H22N6O2/c28-24(17-7-3-1-4-8-17)27(35)30-21-13-20(15-29-16-21)19-11-12-23-22(14-19)25(33-32-23)31-26(34)18-9-5-2-6-10-18/h1-16,24H,28H2,(H,30,35)(H2,31,32,33,34)/t24-/m0/s1. The number of amides is 2. The molecule has 0 saturated carbocycles. The van der Waals surface area contributed by atoms with Crippen LogP contribution in [0.4, 0.5) is 11.5 Å². The third-order valence-corrected chi connectivity index (χ3v) is 5.61. The van der Waals surface area contributed by atoms with Crippen molar-refractivity contribution < 1.29 is 9.59 Å². The molecule has 0 aliphatic rings. The summed E-state index contributed by atoms with van der Waals surface area (Å²) in [5.41, 5.74) is 10.3. The van der Waals surface area contributed by atoms with Crippen molar-refractivity contribution in [3.63, 3.8) is 0 Å². The van der Waals surface area contributed by atoms with E-state index in [-0.39, 0.29) is 11.8 Å². The van der Waals surface area contributed by atoms with Crippen LogP contribution in [0.2, 0.25) is 0 Å². The average molecular weight is 463 g/mol. The fourth-order valence-corrected chi connectivity index (χ4v) is 3.76. The molecule has 2 aromatic heterocycles. The van der Waals surface area contributed by atoms with E-state index < -0.39 is 6.04 Å². The number of anilines is 2. The number of hydrogen-bond donors (Lipinski definition) is 4. The number of fused-ring (bicyclic) bond motifs is 1. The molecule has 0 radical (unpaired) electrons. The van der Waals surface area contributed by atoms with Crippen molar-refractivity contribution in [2.24, 2.45) is 5.73 Å². The van der Waals surface area contributed by atoms with Crippen LogP contribution in [0, 0.1) is 0 Å². The van der Waals surface area contributed by atoms with Gasteiger partial charge in [0.15, 0.2) is 5.82 Å². The quantitative estimate of drug-likeness (QED) is 0.295. The number of carbonyl (C=O) groups is 2. The molecule has 0 spiro atoms. The smallest absolute Gasteiger partial charge is 0.256 e. The molecule has 8 heteroatoms. The van der Waals surface area contributed by atoms with Crippen LogP contribution in [-0.4, -0.2) is 27.0 Å². The lowest BCUT2D eigenvalue weighted by Gasteiger charge is -2.13. The first-order valence-corrected chi connectivity index (χ1v) is 11.0. The minimum Gasteiger partial charge on any atom is -0.323 e. The van der Waals surface area contributed by atoms with Crippen LogP contribution < -0.4 is 16.4 Å². The van der Waals surface area contributed by atoms with E-state index in [1.165, 1.54) is 0 Å². The summed E-state index contributed by atoms with van der Waals surface area (Å²) in [7, 11) is 0. The summed E-state index contributed by atoms with van der Waals surface area (Å²) in [6.45, 7) is 0. The van der Waals surface area contributed by atoms with Crippen molar-refractivity contribution in [2.75, 3.05) is 10.6 Å². The molecular weight excluding hydrogens is 440 g/mol. The van der Waals surface area contributed by atoms with E-state index in [4.69, 9.17) is 5.73 Å². The van der Waals surface area contributed by atoms with Crippen molar-refractivity contribution in [3.05, 3.63) is 108 Å². The molecule has 2 amide bonds. The van der Waals surface area contributed by atoms with Crippen molar-refractivity contribution in [1.29, 1.82) is 0 Å². The third-order valence-electron chi connectivity index (χ3n) is 5.61. The molecule has 0 unspecified atom stereocenters. The number of nitrogens with one attached hydrogen (secondary N) is 3. The molecule has 35 heavy (non-hydrogen) atoms. The highest BCUT2D eigenvalue weighted by atomic mass is 16.2. The second-order valence-corrected chi connectivity index (χ2v) is 7.99. The van der Waals surface area contributed by atoms with Gasteiger partial charge in [0.05, 0.1) is 17.4 Å². The maximum Gasteiger partial charge on any atom is 0.256 e. The molecular formula is C27H22N6O2. The summed E-state index contributed by atoms with van der Waals surface area (Å²) in [5, 5.41) is 13.6. The van der Waals surface area contributed by atoms with E-state index in [1.54, 1.807) is 36.7 Å². The van der Waals surface area contributed by atoms with Gasteiger partial charge in [-0.3, -0.25) is 19.7 Å². The van der Waals surface area contributed by atoms with Gasteiger partial charge in [0, 0.05) is 22.7 Å². The fraction of sp³-hybridized carbons (Fsp3) is 0.0370. The van der Waals surface area contributed by atoms with Crippen molar-refractivity contribution >= 4 is 34.2 Å². The molecule has 1 atom stereocenters. The maximum absolute atomic E-state index is 12.6. The van der Waals surface area contributed by atoms with Gasteiger partial charge in [0.2, 0.25) is 5.91 Å². The number of pyridine rings is 1. The Bertz CT molecular complexity index is 1500. The van der Waals surface area contributed by atoms with Crippen molar-refractivity contribution in [2.45, 2.75) is 6.04 Å². The lowest BCUT2D eigenvalue weighted by Crippen LogP contribution is -2.27. The number of hydrogen-bond acceptors (Lipinski definition) is 5. The lowest BCUT2D eigenvalue weighted by atomic mass is 10.0. The van der Waals surface area contributed by atoms with E-state index in [0.29, 0.717) is 17.1 Å². The van der Waals surface area contributed by atoms with E-state index in [0.717, 1.165) is 27.6 Å². The van der Waals surface area contributed by atoms with Gasteiger partial charge < -0.3 is 16.4 Å². The zero-order chi connectivity index (χ0) is 24.2. The Morgan fingerprint density at radius 3 is 2.34 bits per heavy atom. The van der Waals surface area contributed by atoms with E-state index >= 15 is 0 Å². The number of H-pyrrole nitrogens is 1. The highest BCUT2D eigenvalue weighted by molar-refractivity contribution is 6.08. The second kappa shape index (κ2) is 9.58. The van der Waals surface area contributed by atoms with Crippen molar-refractivity contribution in [1.82, 2.24) is 15.2 Å². The van der Waals surface area contributed by atoms with E-state index in [1.807, 2.05) is 60.7 Å². The maximum atomic E-state index is 12.6. The van der Waals surface area contributed by atoms with Gasteiger partial charge in [0.25, 0.3) is 5.91 Å². The topological polar surface area (TPSA) is 126 Å². The van der Waals surface area contributed by atoms with Crippen LogP contribution in [0.25, 0.3) is 22.0 Å². The Kier molecular flexibility index (Phi) is 6.02. The molecule has 0 fully saturated rings. The summed E-state index contributed by atoms with van der Waals surface area (Å²) in [6.07, 6.45) is 3.28. The summed E-state index contributed by atoms with van der Waals surface area (Å²) >= 11 is 0. The molecule has 5 rings (SSSR count). The van der Waals surface area contributed by atoms with Crippen LogP contribution in [0.3, 0.4) is 0 Å². The number of aromatic nitrogens is 3. The normalized spacial score (nSPS) is 11.7. The molecule has 3 aromatic carbocycles. The molecule has 5 N–H and O–H groups in total. The molecule has 5 aromatic rings. The van der Waals surface area contributed by atoms with Gasteiger partial charge in [-0.1, -0.05) is 54.6 Å². The summed E-state index contributed by atoms with van der Waals surface area (Å²) in [4.78, 5) is 29.5. The van der Waals surface area contributed by atoms with Crippen LogP contribution in [-0.2, 0) is 4.79 Å². The number of carbonyl (C=O) groups excluding carboxylic acids is 2. The highest BCUT2D eigenvalue weighted by Crippen LogP contribution is 2.29. The van der Waals surface area contributed by atoms with Gasteiger partial charge >= 0.3 is 0 Å². The Morgan fingerprint density at radius 2 is 1.57 bits per heavy atom. The van der Waals surface area contributed by atoms with Gasteiger partial charge in [-0.2, -0.15) is 5.10 Å². The number of rotatable bonds is 6. The molecule has 0 saturated heterocycles. The number of aromatic amines is 1. The molecule has 2 heterocycles. The van der Waals surface area contributed by atoms with Crippen LogP contribution in [0.1, 0.15) is 22.0 Å². The average Bonchev–Trinajstić information content (AvgIpc) is 3.31. The van der Waals surface area contributed by atoms with Crippen LogP contribution >= 0.6 is 0 Å². The van der Waals surface area contributed by atoms with E-state index in [9.17, 15) is 9.59 Å². The Labute approximate surface area is 201 Å². The third kappa shape index (κ3) is 4.78. The SMILES string of the molecule is N[C@H](C(=O)Nc1cncc(-c2ccc3[nH]nc(NC(=O)c4ccccc4)c3c2)c1)c1ccccc1. The first kappa shape index (κ1) is 22.0. The molecule has 8 nitrogen and oxygen atoms in total. The summed E-state index contributed by atoms with van der Waals surface area (Å²) in [5.74, 6) is -0.140. The molecule has 0 bridgehead atoms. The summed E-state index contributed by atoms with van der Waals surface area (Å²) in [6, 6.07) is 24.9. The van der Waals surface area contributed by atoms with Crippen LogP contribution in [0.5, 0.6) is 0 Å². The Balaban J connectivity index is 1.38. The first-order chi connectivity index (χ1) is 17.1. The predicted octanol–water partition coefficient (Wildman–Crippen LogP) is 4.52. The zero-order valence-electron chi connectivity index (χ0n) is 18.6. The highest BCUT2D eigenvalue weighted by Gasteiger charge is 2.16. The number of benzene rings is 3. The first-order valence-electron chi connectivity index (χ1n) is 11.0. The minimum absolute atomic E-state index is 0.245. The Hall–Kier alpha value is -4.82. The van der Waals surface area contributed by atoms with Gasteiger partial charge in [-0.15, -0.1) is 0 Å². The summed E-state index contributed by atoms with van der Waals surface area (Å²) < 4.78 is 0. The number of nitrogens with zero attached hydrogens (tertiary/aromatic N) is 2. The van der Waals surface area contributed by atoms with E-state index in [2.05, 4.69) is 25.8 Å². The largest absolute Gasteiger partial charge is 0.323 e. The minimum atomic E-state index is -0.794. The number of nitrogens with two attached hydrogens (primary N) is 1.